The van der Waals surface area contributed by atoms with E-state index in [2.05, 4.69) is 46.6 Å². The smallest absolute Gasteiger partial charge is 0.159 e. The number of benzene rings is 2. The summed E-state index contributed by atoms with van der Waals surface area (Å²) in [6, 6.07) is 16.1. The second kappa shape index (κ2) is 8.40. The fourth-order valence-corrected chi connectivity index (χ4v) is 2.65. The van der Waals surface area contributed by atoms with Crippen molar-refractivity contribution in [2.24, 2.45) is 0 Å². The molecule has 0 amide bonds. The SMILES string of the molecule is COc1ccc(CNc2ncnc(Nc3ccc(C(C)C)cc3)c2N)cc1. The van der Waals surface area contributed by atoms with E-state index in [1.54, 1.807) is 7.11 Å². The summed E-state index contributed by atoms with van der Waals surface area (Å²) in [5.41, 5.74) is 10.1. The van der Waals surface area contributed by atoms with Crippen LogP contribution in [0.15, 0.2) is 54.9 Å². The Morgan fingerprint density at radius 2 is 1.63 bits per heavy atom. The second-order valence-electron chi connectivity index (χ2n) is 6.59. The van der Waals surface area contributed by atoms with E-state index in [0.717, 1.165) is 17.0 Å². The molecule has 0 radical (unpaired) electrons. The highest BCUT2D eigenvalue weighted by Crippen LogP contribution is 2.27. The van der Waals surface area contributed by atoms with Gasteiger partial charge < -0.3 is 21.1 Å². The molecule has 1 aromatic heterocycles. The van der Waals surface area contributed by atoms with Crippen LogP contribution in [0.5, 0.6) is 5.75 Å². The standard InChI is InChI=1S/C21H25N5O/c1-14(2)16-6-8-17(9-7-16)26-21-19(22)20(24-13-25-21)23-12-15-4-10-18(27-3)11-5-15/h4-11,13-14H,12,22H2,1-3H3,(H2,23,24,25,26). The van der Waals surface area contributed by atoms with Crippen LogP contribution in [-0.4, -0.2) is 17.1 Å². The van der Waals surface area contributed by atoms with Gasteiger partial charge in [0.05, 0.1) is 7.11 Å². The van der Waals surface area contributed by atoms with Gasteiger partial charge in [-0.25, -0.2) is 9.97 Å². The summed E-state index contributed by atoms with van der Waals surface area (Å²) < 4.78 is 5.17. The van der Waals surface area contributed by atoms with Crippen LogP contribution >= 0.6 is 0 Å². The van der Waals surface area contributed by atoms with E-state index in [1.165, 1.54) is 11.9 Å². The van der Waals surface area contributed by atoms with Crippen molar-refractivity contribution in [1.29, 1.82) is 0 Å². The van der Waals surface area contributed by atoms with Crippen molar-refractivity contribution in [2.45, 2.75) is 26.3 Å². The Labute approximate surface area is 159 Å². The Balaban J connectivity index is 1.69. The largest absolute Gasteiger partial charge is 0.497 e. The van der Waals surface area contributed by atoms with Crippen molar-refractivity contribution < 1.29 is 4.74 Å². The Morgan fingerprint density at radius 1 is 0.963 bits per heavy atom. The normalized spacial score (nSPS) is 10.7. The van der Waals surface area contributed by atoms with E-state index in [1.807, 2.05) is 36.4 Å². The number of nitrogens with zero attached hydrogens (tertiary/aromatic N) is 2. The lowest BCUT2D eigenvalue weighted by Crippen LogP contribution is -2.08. The van der Waals surface area contributed by atoms with E-state index >= 15 is 0 Å². The highest BCUT2D eigenvalue weighted by Gasteiger charge is 2.09. The molecule has 0 aliphatic heterocycles. The quantitative estimate of drug-likeness (QED) is 0.571. The van der Waals surface area contributed by atoms with Crippen LogP contribution in [0, 0.1) is 0 Å². The van der Waals surface area contributed by atoms with Gasteiger partial charge in [-0.1, -0.05) is 38.1 Å². The number of ether oxygens (including phenoxy) is 1. The molecular formula is C21H25N5O. The molecule has 0 bridgehead atoms. The summed E-state index contributed by atoms with van der Waals surface area (Å²) in [6.45, 7) is 4.95. The van der Waals surface area contributed by atoms with Crippen LogP contribution < -0.4 is 21.1 Å². The van der Waals surface area contributed by atoms with Gasteiger partial charge in [0.25, 0.3) is 0 Å². The molecule has 0 saturated carbocycles. The van der Waals surface area contributed by atoms with Gasteiger partial charge in [-0.05, 0) is 41.3 Å². The van der Waals surface area contributed by atoms with Crippen LogP contribution in [0.2, 0.25) is 0 Å². The van der Waals surface area contributed by atoms with Crippen molar-refractivity contribution in [3.8, 4) is 5.75 Å². The van der Waals surface area contributed by atoms with E-state index in [0.29, 0.717) is 29.8 Å². The molecular weight excluding hydrogens is 338 g/mol. The Morgan fingerprint density at radius 3 is 2.26 bits per heavy atom. The maximum atomic E-state index is 6.25. The number of nitrogens with two attached hydrogens (primary N) is 1. The molecule has 4 N–H and O–H groups in total. The van der Waals surface area contributed by atoms with Crippen molar-refractivity contribution in [2.75, 3.05) is 23.5 Å². The molecule has 6 heteroatoms. The van der Waals surface area contributed by atoms with Gasteiger partial charge in [0.2, 0.25) is 0 Å². The van der Waals surface area contributed by atoms with Crippen LogP contribution in [0.3, 0.4) is 0 Å². The average molecular weight is 363 g/mol. The maximum absolute atomic E-state index is 6.25. The molecule has 140 valence electrons. The molecule has 3 rings (SSSR count). The summed E-state index contributed by atoms with van der Waals surface area (Å²) in [4.78, 5) is 8.52. The van der Waals surface area contributed by atoms with Crippen LogP contribution in [0.25, 0.3) is 0 Å². The monoisotopic (exact) mass is 363 g/mol. The fraction of sp³-hybridized carbons (Fsp3) is 0.238. The van der Waals surface area contributed by atoms with E-state index in [4.69, 9.17) is 10.5 Å². The summed E-state index contributed by atoms with van der Waals surface area (Å²) >= 11 is 0. The van der Waals surface area contributed by atoms with Crippen molar-refractivity contribution in [3.63, 3.8) is 0 Å². The molecule has 0 saturated heterocycles. The first kappa shape index (κ1) is 18.5. The highest BCUT2D eigenvalue weighted by molar-refractivity contribution is 5.77. The van der Waals surface area contributed by atoms with Gasteiger partial charge >= 0.3 is 0 Å². The summed E-state index contributed by atoms with van der Waals surface area (Å²) in [5.74, 6) is 2.51. The van der Waals surface area contributed by atoms with Crippen LogP contribution in [0.1, 0.15) is 30.9 Å². The predicted octanol–water partition coefficient (Wildman–Crippen LogP) is 4.55. The Hall–Kier alpha value is -3.28. The third-order valence-electron chi connectivity index (χ3n) is 4.34. The topological polar surface area (TPSA) is 85.1 Å². The first-order valence-corrected chi connectivity index (χ1v) is 8.91. The third-order valence-corrected chi connectivity index (χ3v) is 4.34. The number of aromatic nitrogens is 2. The van der Waals surface area contributed by atoms with Crippen LogP contribution in [-0.2, 0) is 6.54 Å². The molecule has 0 unspecified atom stereocenters. The van der Waals surface area contributed by atoms with Crippen molar-refractivity contribution in [1.82, 2.24) is 9.97 Å². The van der Waals surface area contributed by atoms with E-state index in [-0.39, 0.29) is 0 Å². The molecule has 0 atom stereocenters. The molecule has 2 aromatic carbocycles. The first-order valence-electron chi connectivity index (χ1n) is 8.91. The number of hydrogen-bond acceptors (Lipinski definition) is 6. The van der Waals surface area contributed by atoms with E-state index < -0.39 is 0 Å². The van der Waals surface area contributed by atoms with Crippen molar-refractivity contribution in [3.05, 3.63) is 66.0 Å². The predicted molar refractivity (Wildman–Crippen MR) is 111 cm³/mol. The van der Waals surface area contributed by atoms with Gasteiger partial charge in [0.1, 0.15) is 17.8 Å². The molecule has 0 aliphatic rings. The summed E-state index contributed by atoms with van der Waals surface area (Å²) in [6.07, 6.45) is 1.50. The molecule has 0 aliphatic carbocycles. The lowest BCUT2D eigenvalue weighted by atomic mass is 10.0. The first-order chi connectivity index (χ1) is 13.1. The van der Waals surface area contributed by atoms with Gasteiger partial charge in [-0.3, -0.25) is 0 Å². The molecule has 0 spiro atoms. The van der Waals surface area contributed by atoms with Crippen LogP contribution in [0.4, 0.5) is 23.0 Å². The number of methoxy groups -OCH3 is 1. The van der Waals surface area contributed by atoms with Crippen molar-refractivity contribution >= 4 is 23.0 Å². The molecule has 27 heavy (non-hydrogen) atoms. The molecule has 6 nitrogen and oxygen atoms in total. The number of nitrogen functional groups attached to an aromatic ring is 1. The molecule has 0 fully saturated rings. The highest BCUT2D eigenvalue weighted by atomic mass is 16.5. The number of anilines is 4. The minimum absolute atomic E-state index is 0.485. The second-order valence-corrected chi connectivity index (χ2v) is 6.59. The average Bonchev–Trinajstić information content (AvgIpc) is 2.69. The third kappa shape index (κ3) is 4.67. The Bertz CT molecular complexity index is 876. The van der Waals surface area contributed by atoms with Gasteiger partial charge in [0.15, 0.2) is 11.6 Å². The minimum Gasteiger partial charge on any atom is -0.497 e. The van der Waals surface area contributed by atoms with Gasteiger partial charge in [-0.15, -0.1) is 0 Å². The fourth-order valence-electron chi connectivity index (χ4n) is 2.65. The number of hydrogen-bond donors (Lipinski definition) is 3. The minimum atomic E-state index is 0.485. The molecule has 1 heterocycles. The zero-order chi connectivity index (χ0) is 19.2. The van der Waals surface area contributed by atoms with E-state index in [9.17, 15) is 0 Å². The number of rotatable bonds is 7. The zero-order valence-electron chi connectivity index (χ0n) is 15.9. The maximum Gasteiger partial charge on any atom is 0.159 e. The Kier molecular flexibility index (Phi) is 5.76. The number of nitrogens with one attached hydrogen (secondary N) is 2. The van der Waals surface area contributed by atoms with Gasteiger partial charge in [0, 0.05) is 12.2 Å². The summed E-state index contributed by atoms with van der Waals surface area (Å²) in [5, 5.41) is 6.52. The van der Waals surface area contributed by atoms with Gasteiger partial charge in [-0.2, -0.15) is 0 Å². The summed E-state index contributed by atoms with van der Waals surface area (Å²) in [7, 11) is 1.65. The lowest BCUT2D eigenvalue weighted by molar-refractivity contribution is 0.414. The zero-order valence-corrected chi connectivity index (χ0v) is 15.9. The lowest BCUT2D eigenvalue weighted by Gasteiger charge is -2.13. The molecule has 3 aromatic rings.